The van der Waals surface area contributed by atoms with E-state index in [1.165, 1.54) is 12.8 Å². The molecule has 0 aliphatic carbocycles. The van der Waals surface area contributed by atoms with Gasteiger partial charge in [-0.1, -0.05) is 25.5 Å². The van der Waals surface area contributed by atoms with E-state index in [9.17, 15) is 9.59 Å². The lowest BCUT2D eigenvalue weighted by Crippen LogP contribution is -2.30. The van der Waals surface area contributed by atoms with E-state index >= 15 is 0 Å². The van der Waals surface area contributed by atoms with Crippen LogP contribution in [0.25, 0.3) is 0 Å². The number of nitrogens with two attached hydrogens (primary N) is 1. The van der Waals surface area contributed by atoms with E-state index in [1.807, 2.05) is 0 Å². The second-order valence-corrected chi connectivity index (χ2v) is 6.08. The summed E-state index contributed by atoms with van der Waals surface area (Å²) in [4.78, 5) is 24.0. The van der Waals surface area contributed by atoms with Crippen molar-refractivity contribution in [1.29, 1.82) is 0 Å². The molecule has 0 atom stereocenters. The second-order valence-electron chi connectivity index (χ2n) is 4.85. The summed E-state index contributed by atoms with van der Waals surface area (Å²) in [5, 5.41) is 5.52. The topological polar surface area (TPSA) is 84.2 Å². The van der Waals surface area contributed by atoms with Crippen LogP contribution in [0.1, 0.15) is 36.5 Å². The number of benzene rings is 1. The summed E-state index contributed by atoms with van der Waals surface area (Å²) in [6, 6.07) is 7.00. The van der Waals surface area contributed by atoms with Crippen LogP contribution in [0.5, 0.6) is 0 Å². The highest BCUT2D eigenvalue weighted by Gasteiger charge is 2.12. The van der Waals surface area contributed by atoms with Gasteiger partial charge in [-0.2, -0.15) is 11.8 Å². The minimum absolute atomic E-state index is 0. The Morgan fingerprint density at radius 3 is 2.65 bits per heavy atom. The summed E-state index contributed by atoms with van der Waals surface area (Å²) in [7, 11) is 0. The number of para-hydroxylation sites is 1. The fourth-order valence-corrected chi connectivity index (χ4v) is 2.82. The van der Waals surface area contributed by atoms with Gasteiger partial charge in [-0.3, -0.25) is 9.59 Å². The summed E-state index contributed by atoms with van der Waals surface area (Å²) in [5.41, 5.74) is 6.38. The van der Waals surface area contributed by atoms with Gasteiger partial charge in [0.2, 0.25) is 5.91 Å². The maximum absolute atomic E-state index is 12.0. The zero-order chi connectivity index (χ0) is 16.2. The third-order valence-corrected chi connectivity index (χ3v) is 4.06. The van der Waals surface area contributed by atoms with Crippen molar-refractivity contribution >= 4 is 41.7 Å². The average Bonchev–Trinajstić information content (AvgIpc) is 2.53. The minimum atomic E-state index is -0.223. The van der Waals surface area contributed by atoms with E-state index in [0.29, 0.717) is 30.8 Å². The molecule has 0 aliphatic rings. The van der Waals surface area contributed by atoms with Crippen molar-refractivity contribution in [3.05, 3.63) is 29.8 Å². The molecule has 5 nitrogen and oxygen atoms in total. The number of hydrogen-bond acceptors (Lipinski definition) is 4. The van der Waals surface area contributed by atoms with Gasteiger partial charge in [0.25, 0.3) is 5.91 Å². The first-order chi connectivity index (χ1) is 10.7. The Morgan fingerprint density at radius 2 is 1.96 bits per heavy atom. The molecule has 0 bridgehead atoms. The third kappa shape index (κ3) is 8.83. The van der Waals surface area contributed by atoms with E-state index in [-0.39, 0.29) is 24.2 Å². The fraction of sp³-hybridized carbons (Fsp3) is 0.500. The molecular formula is C16H26ClN3O2S. The van der Waals surface area contributed by atoms with E-state index in [4.69, 9.17) is 5.73 Å². The molecular weight excluding hydrogens is 334 g/mol. The van der Waals surface area contributed by atoms with E-state index < -0.39 is 0 Å². The van der Waals surface area contributed by atoms with Crippen LogP contribution in [-0.2, 0) is 4.79 Å². The predicted octanol–water partition coefficient (Wildman–Crippen LogP) is 2.66. The van der Waals surface area contributed by atoms with E-state index in [0.717, 1.165) is 11.5 Å². The van der Waals surface area contributed by atoms with Gasteiger partial charge in [0, 0.05) is 25.3 Å². The van der Waals surface area contributed by atoms with Crippen LogP contribution >= 0.6 is 24.2 Å². The Bertz CT molecular complexity index is 486. The quantitative estimate of drug-likeness (QED) is 0.561. The summed E-state index contributed by atoms with van der Waals surface area (Å²) in [6.45, 7) is 2.95. The molecule has 0 radical (unpaired) electrons. The van der Waals surface area contributed by atoms with Crippen molar-refractivity contribution in [3.63, 3.8) is 0 Å². The summed E-state index contributed by atoms with van der Waals surface area (Å²) in [6.07, 6.45) is 2.80. The minimum Gasteiger partial charge on any atom is -0.351 e. The lowest BCUT2D eigenvalue weighted by atomic mass is 10.1. The summed E-state index contributed by atoms with van der Waals surface area (Å²) >= 11 is 1.78. The van der Waals surface area contributed by atoms with Crippen molar-refractivity contribution in [2.45, 2.75) is 26.2 Å². The maximum Gasteiger partial charge on any atom is 0.253 e. The number of halogens is 1. The monoisotopic (exact) mass is 359 g/mol. The molecule has 4 N–H and O–H groups in total. The van der Waals surface area contributed by atoms with Crippen molar-refractivity contribution in [2.24, 2.45) is 5.73 Å². The summed E-state index contributed by atoms with van der Waals surface area (Å²) in [5.74, 6) is 1.59. The number of hydrogen-bond donors (Lipinski definition) is 3. The first-order valence-electron chi connectivity index (χ1n) is 7.64. The maximum atomic E-state index is 12.0. The van der Waals surface area contributed by atoms with Gasteiger partial charge >= 0.3 is 0 Å². The van der Waals surface area contributed by atoms with Gasteiger partial charge in [-0.05, 0) is 24.3 Å². The number of nitrogens with one attached hydrogen (secondary N) is 2. The molecule has 1 rings (SSSR count). The SMILES string of the molecule is CCCCSCCC(=O)Nc1ccccc1C(=O)NCCN.Cl. The van der Waals surface area contributed by atoms with Crippen LogP contribution in [0.2, 0.25) is 0 Å². The van der Waals surface area contributed by atoms with Gasteiger partial charge in [0.05, 0.1) is 11.3 Å². The van der Waals surface area contributed by atoms with Crippen molar-refractivity contribution in [2.75, 3.05) is 29.9 Å². The zero-order valence-corrected chi connectivity index (χ0v) is 15.1. The molecule has 0 spiro atoms. The standard InChI is InChI=1S/C16H25N3O2S.ClH/c1-2-3-11-22-12-8-15(20)19-14-7-5-4-6-13(14)16(21)18-10-9-17;/h4-7H,2-3,8-12,17H2,1H3,(H,18,21)(H,19,20);1H. The third-order valence-electron chi connectivity index (χ3n) is 2.99. The van der Waals surface area contributed by atoms with Gasteiger partial charge in [-0.15, -0.1) is 12.4 Å². The van der Waals surface area contributed by atoms with E-state index in [2.05, 4.69) is 17.6 Å². The molecule has 1 aromatic carbocycles. The molecule has 130 valence electrons. The van der Waals surface area contributed by atoms with Crippen molar-refractivity contribution in [1.82, 2.24) is 5.32 Å². The highest BCUT2D eigenvalue weighted by Crippen LogP contribution is 2.16. The number of carbonyl (C=O) groups excluding carboxylic acids is 2. The number of amides is 2. The molecule has 0 saturated heterocycles. The Kier molecular flexibility index (Phi) is 12.5. The molecule has 0 fully saturated rings. The highest BCUT2D eigenvalue weighted by atomic mass is 35.5. The predicted molar refractivity (Wildman–Crippen MR) is 101 cm³/mol. The molecule has 0 aliphatic heterocycles. The largest absolute Gasteiger partial charge is 0.351 e. The normalized spacial score (nSPS) is 9.83. The fourth-order valence-electron chi connectivity index (χ4n) is 1.80. The summed E-state index contributed by atoms with van der Waals surface area (Å²) < 4.78 is 0. The number of unbranched alkanes of at least 4 members (excludes halogenated alkanes) is 1. The Hall–Kier alpha value is -1.24. The number of carbonyl (C=O) groups is 2. The van der Waals surface area contributed by atoms with Crippen molar-refractivity contribution in [3.8, 4) is 0 Å². The zero-order valence-electron chi connectivity index (χ0n) is 13.5. The van der Waals surface area contributed by atoms with Crippen LogP contribution in [-0.4, -0.2) is 36.4 Å². The van der Waals surface area contributed by atoms with Gasteiger partial charge < -0.3 is 16.4 Å². The molecule has 23 heavy (non-hydrogen) atoms. The van der Waals surface area contributed by atoms with Gasteiger partial charge in [-0.25, -0.2) is 0 Å². The number of thioether (sulfide) groups is 1. The highest BCUT2D eigenvalue weighted by molar-refractivity contribution is 7.99. The molecule has 0 aromatic heterocycles. The van der Waals surface area contributed by atoms with Crippen LogP contribution in [0, 0.1) is 0 Å². The van der Waals surface area contributed by atoms with Crippen LogP contribution in [0.15, 0.2) is 24.3 Å². The van der Waals surface area contributed by atoms with Crippen LogP contribution < -0.4 is 16.4 Å². The average molecular weight is 360 g/mol. The Morgan fingerprint density at radius 1 is 1.22 bits per heavy atom. The molecule has 0 unspecified atom stereocenters. The molecule has 1 aromatic rings. The lowest BCUT2D eigenvalue weighted by Gasteiger charge is -2.11. The van der Waals surface area contributed by atoms with Crippen LogP contribution in [0.3, 0.4) is 0 Å². The number of anilines is 1. The molecule has 7 heteroatoms. The molecule has 2 amide bonds. The lowest BCUT2D eigenvalue weighted by molar-refractivity contribution is -0.115. The van der Waals surface area contributed by atoms with E-state index in [1.54, 1.807) is 36.0 Å². The van der Waals surface area contributed by atoms with Crippen molar-refractivity contribution < 1.29 is 9.59 Å². The first kappa shape index (κ1) is 21.8. The van der Waals surface area contributed by atoms with Gasteiger partial charge in [0.15, 0.2) is 0 Å². The molecule has 0 heterocycles. The van der Waals surface area contributed by atoms with Crippen LogP contribution in [0.4, 0.5) is 5.69 Å². The Labute approximate surface area is 148 Å². The smallest absolute Gasteiger partial charge is 0.253 e. The number of rotatable bonds is 10. The first-order valence-corrected chi connectivity index (χ1v) is 8.79. The molecule has 0 saturated carbocycles. The Balaban J connectivity index is 0.00000484. The van der Waals surface area contributed by atoms with Gasteiger partial charge in [0.1, 0.15) is 0 Å². The second kappa shape index (κ2) is 13.2.